The molecule has 0 saturated carbocycles. The number of rotatable bonds is 2. The van der Waals surface area contributed by atoms with Crippen molar-refractivity contribution >= 4 is 38.1 Å². The molecule has 1 aromatic heterocycles. The molecular weight excluding hydrogens is 419 g/mol. The molecule has 0 spiro atoms. The van der Waals surface area contributed by atoms with Crippen LogP contribution in [0.2, 0.25) is 0 Å². The zero-order valence-electron chi connectivity index (χ0n) is 17.0. The second kappa shape index (κ2) is 6.72. The van der Waals surface area contributed by atoms with Crippen LogP contribution in [0.25, 0.3) is 21.3 Å². The molecule has 3 aromatic carbocycles. The molecular formula is C24H20F3N3S. The summed E-state index contributed by atoms with van der Waals surface area (Å²) in [7, 11) is 0. The highest BCUT2D eigenvalue weighted by Gasteiger charge is 2.39. The number of anilines is 3. The molecule has 0 fully saturated rings. The van der Waals surface area contributed by atoms with Crippen LogP contribution in [0.4, 0.5) is 29.7 Å². The molecule has 4 aromatic rings. The quantitative estimate of drug-likeness (QED) is 0.366. The van der Waals surface area contributed by atoms with Gasteiger partial charge in [0.05, 0.1) is 15.8 Å². The maximum atomic E-state index is 14.1. The second-order valence-corrected chi connectivity index (χ2v) is 9.45. The molecule has 2 heterocycles. The van der Waals surface area contributed by atoms with Gasteiger partial charge in [0.1, 0.15) is 0 Å². The fourth-order valence-electron chi connectivity index (χ4n) is 4.50. The summed E-state index contributed by atoms with van der Waals surface area (Å²) in [6, 6.07) is 17.9. The van der Waals surface area contributed by atoms with Crippen molar-refractivity contribution < 1.29 is 13.2 Å². The molecule has 0 aliphatic carbocycles. The lowest BCUT2D eigenvalue weighted by molar-refractivity contribution is -0.137. The third-order valence-corrected chi connectivity index (χ3v) is 6.67. The number of para-hydroxylation sites is 2. The van der Waals surface area contributed by atoms with Gasteiger partial charge >= 0.3 is 6.18 Å². The average molecular weight is 440 g/mol. The average Bonchev–Trinajstić information content (AvgIpc) is 3.23. The van der Waals surface area contributed by atoms with Crippen LogP contribution in [0.15, 0.2) is 60.7 Å². The first-order valence-corrected chi connectivity index (χ1v) is 10.7. The van der Waals surface area contributed by atoms with E-state index in [0.29, 0.717) is 16.8 Å². The van der Waals surface area contributed by atoms with E-state index in [2.05, 4.69) is 29.8 Å². The molecule has 2 N–H and O–H groups in total. The van der Waals surface area contributed by atoms with Crippen LogP contribution >= 0.6 is 11.3 Å². The number of hydrogen-bond acceptors (Lipinski definition) is 4. The Balaban J connectivity index is 1.80. The van der Waals surface area contributed by atoms with Crippen LogP contribution in [0.1, 0.15) is 25.0 Å². The maximum absolute atomic E-state index is 14.1. The molecule has 0 unspecified atom stereocenters. The van der Waals surface area contributed by atoms with E-state index in [-0.39, 0.29) is 21.6 Å². The first-order valence-electron chi connectivity index (χ1n) is 9.89. The van der Waals surface area contributed by atoms with E-state index in [1.165, 1.54) is 23.0 Å². The van der Waals surface area contributed by atoms with Gasteiger partial charge in [-0.2, -0.15) is 13.2 Å². The van der Waals surface area contributed by atoms with Crippen molar-refractivity contribution in [1.29, 1.82) is 0 Å². The Morgan fingerprint density at radius 1 is 0.968 bits per heavy atom. The summed E-state index contributed by atoms with van der Waals surface area (Å²) in [5.41, 5.74) is 8.82. The van der Waals surface area contributed by atoms with Crippen molar-refractivity contribution in [2.75, 3.05) is 17.2 Å². The largest absolute Gasteiger partial charge is 0.417 e. The third kappa shape index (κ3) is 3.15. The van der Waals surface area contributed by atoms with Crippen molar-refractivity contribution in [1.82, 2.24) is 4.98 Å². The van der Waals surface area contributed by atoms with Gasteiger partial charge in [-0.1, -0.05) is 61.6 Å². The van der Waals surface area contributed by atoms with E-state index in [4.69, 9.17) is 5.73 Å². The summed E-state index contributed by atoms with van der Waals surface area (Å²) in [5, 5.41) is 0.251. The minimum absolute atomic E-state index is 0.0794. The van der Waals surface area contributed by atoms with Crippen LogP contribution in [0, 0.1) is 0 Å². The van der Waals surface area contributed by atoms with E-state index < -0.39 is 11.7 Å². The van der Waals surface area contributed by atoms with Crippen LogP contribution in [0.3, 0.4) is 0 Å². The molecule has 1 aliphatic heterocycles. The molecule has 0 atom stereocenters. The number of nitrogens with zero attached hydrogens (tertiary/aromatic N) is 2. The van der Waals surface area contributed by atoms with Crippen LogP contribution in [-0.4, -0.2) is 11.5 Å². The van der Waals surface area contributed by atoms with Gasteiger partial charge in [0.2, 0.25) is 0 Å². The summed E-state index contributed by atoms with van der Waals surface area (Å²) >= 11 is 1.19. The van der Waals surface area contributed by atoms with Crippen molar-refractivity contribution in [2.24, 2.45) is 0 Å². The molecule has 158 valence electrons. The zero-order chi connectivity index (χ0) is 22.0. The molecule has 0 bridgehead atoms. The predicted octanol–water partition coefficient (Wildman–Crippen LogP) is 6.99. The van der Waals surface area contributed by atoms with E-state index in [1.807, 2.05) is 30.3 Å². The molecule has 0 amide bonds. The molecule has 5 rings (SSSR count). The monoisotopic (exact) mass is 439 g/mol. The summed E-state index contributed by atoms with van der Waals surface area (Å²) in [6.07, 6.45) is -4.52. The predicted molar refractivity (Wildman–Crippen MR) is 121 cm³/mol. The van der Waals surface area contributed by atoms with E-state index in [9.17, 15) is 13.2 Å². The Labute approximate surface area is 182 Å². The summed E-state index contributed by atoms with van der Waals surface area (Å²) < 4.78 is 42.8. The molecule has 7 heteroatoms. The minimum Gasteiger partial charge on any atom is -0.375 e. The highest BCUT2D eigenvalue weighted by atomic mass is 32.1. The number of alkyl halides is 3. The first kappa shape index (κ1) is 19.9. The SMILES string of the molecule is CC1(C)CN(c2ccccc2-c2c(C(F)(F)F)ccc3sc(N)nc23)c2ccccc21. The molecule has 3 nitrogen and oxygen atoms in total. The van der Waals surface area contributed by atoms with Gasteiger partial charge in [0.15, 0.2) is 5.13 Å². The number of nitrogen functional groups attached to an aromatic ring is 1. The van der Waals surface area contributed by atoms with Gasteiger partial charge in [-0.05, 0) is 29.8 Å². The van der Waals surface area contributed by atoms with Gasteiger partial charge in [-0.25, -0.2) is 4.98 Å². The molecule has 1 aliphatic rings. The normalized spacial score (nSPS) is 15.5. The topological polar surface area (TPSA) is 42.1 Å². The number of aromatic nitrogens is 1. The van der Waals surface area contributed by atoms with Crippen LogP contribution in [-0.2, 0) is 11.6 Å². The van der Waals surface area contributed by atoms with Crippen molar-refractivity contribution in [2.45, 2.75) is 25.4 Å². The number of benzene rings is 3. The van der Waals surface area contributed by atoms with Gasteiger partial charge in [-0.3, -0.25) is 0 Å². The van der Waals surface area contributed by atoms with E-state index in [1.54, 1.807) is 12.1 Å². The van der Waals surface area contributed by atoms with Crippen molar-refractivity contribution in [3.8, 4) is 11.1 Å². The fraction of sp³-hybridized carbons (Fsp3) is 0.208. The number of thiazole rings is 1. The van der Waals surface area contributed by atoms with E-state index in [0.717, 1.165) is 17.4 Å². The Kier molecular flexibility index (Phi) is 4.31. The number of hydrogen-bond donors (Lipinski definition) is 1. The van der Waals surface area contributed by atoms with Crippen LogP contribution in [0.5, 0.6) is 0 Å². The smallest absolute Gasteiger partial charge is 0.375 e. The maximum Gasteiger partial charge on any atom is 0.417 e. The summed E-state index contributed by atoms with van der Waals surface area (Å²) in [6.45, 7) is 4.97. The standard InChI is InChI=1S/C24H20F3N3S/c1-23(2)13-30(18-10-6-4-8-15(18)23)17-9-5-3-7-14(17)20-16(24(25,26)27)11-12-19-21(20)29-22(28)31-19/h3-12H,13H2,1-2H3,(H2,28,29). The summed E-state index contributed by atoms with van der Waals surface area (Å²) in [5.74, 6) is 0. The fourth-order valence-corrected chi connectivity index (χ4v) is 5.24. The van der Waals surface area contributed by atoms with Crippen LogP contribution < -0.4 is 10.6 Å². The van der Waals surface area contributed by atoms with Crippen molar-refractivity contribution in [3.63, 3.8) is 0 Å². The third-order valence-electron chi connectivity index (χ3n) is 5.82. The molecule has 0 saturated heterocycles. The highest BCUT2D eigenvalue weighted by molar-refractivity contribution is 7.22. The lowest BCUT2D eigenvalue weighted by atomic mass is 9.87. The number of nitrogens with two attached hydrogens (primary N) is 1. The number of halogens is 3. The Morgan fingerprint density at radius 2 is 1.65 bits per heavy atom. The van der Waals surface area contributed by atoms with E-state index >= 15 is 0 Å². The Hall–Kier alpha value is -3.06. The van der Waals surface area contributed by atoms with Crippen molar-refractivity contribution in [3.05, 3.63) is 71.8 Å². The number of fused-ring (bicyclic) bond motifs is 2. The lowest BCUT2D eigenvalue weighted by Gasteiger charge is -2.26. The van der Waals surface area contributed by atoms with Gasteiger partial charge in [-0.15, -0.1) is 0 Å². The molecule has 0 radical (unpaired) electrons. The zero-order valence-corrected chi connectivity index (χ0v) is 17.8. The first-order chi connectivity index (χ1) is 14.7. The Bertz CT molecular complexity index is 1310. The summed E-state index contributed by atoms with van der Waals surface area (Å²) in [4.78, 5) is 6.39. The lowest BCUT2D eigenvalue weighted by Crippen LogP contribution is -2.25. The van der Waals surface area contributed by atoms with Gasteiger partial charge in [0, 0.05) is 34.5 Å². The Morgan fingerprint density at radius 3 is 2.39 bits per heavy atom. The molecule has 31 heavy (non-hydrogen) atoms. The van der Waals surface area contributed by atoms with Gasteiger partial charge < -0.3 is 10.6 Å². The second-order valence-electron chi connectivity index (χ2n) is 8.39. The van der Waals surface area contributed by atoms with Gasteiger partial charge in [0.25, 0.3) is 0 Å². The highest BCUT2D eigenvalue weighted by Crippen LogP contribution is 2.50. The minimum atomic E-state index is -4.52.